The number of hydrogen-bond acceptors (Lipinski definition) is 3. The molecular formula is C18H15ClN4O3. The van der Waals surface area contributed by atoms with Crippen molar-refractivity contribution in [1.82, 2.24) is 14.3 Å². The number of amides is 1. The van der Waals surface area contributed by atoms with Gasteiger partial charge in [-0.1, -0.05) is 23.7 Å². The lowest BCUT2D eigenvalue weighted by Crippen LogP contribution is -2.25. The molecule has 4 rings (SSSR count). The summed E-state index contributed by atoms with van der Waals surface area (Å²) in [6.07, 6.45) is 5.23. The van der Waals surface area contributed by atoms with Crippen molar-refractivity contribution in [3.05, 3.63) is 64.7 Å². The topological polar surface area (TPSA) is 89.1 Å². The minimum atomic E-state index is -1.11. The maximum atomic E-state index is 12.2. The molecule has 2 N–H and O–H groups in total. The SMILES string of the molecule is Cn1cc([C@H]2CC(=O)Nc3c(C(=O)O)cn(-c4ccccc4Cl)c32)cn1. The number of rotatable bonds is 3. The van der Waals surface area contributed by atoms with Crippen LogP contribution in [-0.2, 0) is 11.8 Å². The zero-order chi connectivity index (χ0) is 18.4. The molecule has 8 heteroatoms. The summed E-state index contributed by atoms with van der Waals surface area (Å²) in [7, 11) is 1.79. The van der Waals surface area contributed by atoms with E-state index >= 15 is 0 Å². The van der Waals surface area contributed by atoms with Gasteiger partial charge in [-0.05, 0) is 17.7 Å². The zero-order valence-electron chi connectivity index (χ0n) is 13.8. The van der Waals surface area contributed by atoms with Gasteiger partial charge in [-0.15, -0.1) is 0 Å². The van der Waals surface area contributed by atoms with Crippen LogP contribution < -0.4 is 5.32 Å². The van der Waals surface area contributed by atoms with E-state index in [1.165, 1.54) is 6.20 Å². The number of nitrogens with zero attached hydrogens (tertiary/aromatic N) is 3. The summed E-state index contributed by atoms with van der Waals surface area (Å²) in [5, 5.41) is 17.0. The molecule has 0 bridgehead atoms. The Morgan fingerprint density at radius 2 is 2.12 bits per heavy atom. The van der Waals surface area contributed by atoms with Crippen molar-refractivity contribution < 1.29 is 14.7 Å². The van der Waals surface area contributed by atoms with Crippen molar-refractivity contribution in [2.24, 2.45) is 7.05 Å². The zero-order valence-corrected chi connectivity index (χ0v) is 14.6. The van der Waals surface area contributed by atoms with Crippen LogP contribution in [0.15, 0.2) is 42.9 Å². The summed E-state index contributed by atoms with van der Waals surface area (Å²) in [4.78, 5) is 24.0. The van der Waals surface area contributed by atoms with Crippen LogP contribution in [0.25, 0.3) is 5.69 Å². The van der Waals surface area contributed by atoms with Crippen molar-refractivity contribution in [3.63, 3.8) is 0 Å². The van der Waals surface area contributed by atoms with E-state index < -0.39 is 5.97 Å². The third-order valence-corrected chi connectivity index (χ3v) is 4.82. The van der Waals surface area contributed by atoms with Crippen LogP contribution in [0.4, 0.5) is 5.69 Å². The number of aryl methyl sites for hydroxylation is 1. The van der Waals surface area contributed by atoms with E-state index in [1.807, 2.05) is 18.3 Å². The molecule has 1 atom stereocenters. The molecule has 0 radical (unpaired) electrons. The molecule has 0 saturated heterocycles. The number of hydrogen-bond donors (Lipinski definition) is 2. The fourth-order valence-corrected chi connectivity index (χ4v) is 3.60. The number of para-hydroxylation sites is 1. The molecule has 0 aliphatic carbocycles. The fraction of sp³-hybridized carbons (Fsp3) is 0.167. The van der Waals surface area contributed by atoms with Crippen LogP contribution in [0.3, 0.4) is 0 Å². The Morgan fingerprint density at radius 1 is 1.35 bits per heavy atom. The number of anilines is 1. The minimum Gasteiger partial charge on any atom is -0.478 e. The summed E-state index contributed by atoms with van der Waals surface area (Å²) in [5.41, 5.74) is 2.52. The van der Waals surface area contributed by atoms with Crippen molar-refractivity contribution in [1.29, 1.82) is 0 Å². The Balaban J connectivity index is 2.00. The van der Waals surface area contributed by atoms with Crippen LogP contribution in [-0.4, -0.2) is 31.3 Å². The number of carbonyl (C=O) groups excluding carboxylic acids is 1. The Bertz CT molecular complexity index is 1040. The summed E-state index contributed by atoms with van der Waals surface area (Å²) in [6, 6.07) is 7.18. The first-order chi connectivity index (χ1) is 12.5. The predicted octanol–water partition coefficient (Wildman–Crippen LogP) is 3.04. The van der Waals surface area contributed by atoms with Crippen molar-refractivity contribution in [3.8, 4) is 5.69 Å². The Labute approximate surface area is 153 Å². The monoisotopic (exact) mass is 370 g/mol. The molecule has 0 spiro atoms. The quantitative estimate of drug-likeness (QED) is 0.741. The Hall–Kier alpha value is -3.06. The van der Waals surface area contributed by atoms with Gasteiger partial charge in [0.05, 0.1) is 28.3 Å². The second kappa shape index (κ2) is 6.03. The smallest absolute Gasteiger partial charge is 0.339 e. The van der Waals surface area contributed by atoms with Gasteiger partial charge < -0.3 is 15.0 Å². The molecule has 0 fully saturated rings. The molecule has 2 aromatic heterocycles. The molecular weight excluding hydrogens is 356 g/mol. The largest absolute Gasteiger partial charge is 0.478 e. The van der Waals surface area contributed by atoms with Crippen LogP contribution >= 0.6 is 11.6 Å². The van der Waals surface area contributed by atoms with Gasteiger partial charge in [0.1, 0.15) is 5.56 Å². The van der Waals surface area contributed by atoms with Gasteiger partial charge in [-0.25, -0.2) is 4.79 Å². The first-order valence-corrected chi connectivity index (χ1v) is 8.35. The molecule has 26 heavy (non-hydrogen) atoms. The fourth-order valence-electron chi connectivity index (χ4n) is 3.37. The highest BCUT2D eigenvalue weighted by molar-refractivity contribution is 6.32. The number of carbonyl (C=O) groups is 2. The summed E-state index contributed by atoms with van der Waals surface area (Å²) < 4.78 is 3.40. The third-order valence-electron chi connectivity index (χ3n) is 4.50. The average molecular weight is 371 g/mol. The number of fused-ring (bicyclic) bond motifs is 1. The number of halogens is 1. The van der Waals surface area contributed by atoms with Crippen molar-refractivity contribution >= 4 is 29.2 Å². The molecule has 0 unspecified atom stereocenters. The molecule has 1 amide bonds. The third kappa shape index (κ3) is 2.57. The molecule has 1 aliphatic rings. The van der Waals surface area contributed by atoms with E-state index in [2.05, 4.69) is 10.4 Å². The molecule has 1 aromatic carbocycles. The summed E-state index contributed by atoms with van der Waals surface area (Å²) >= 11 is 6.34. The Kier molecular flexibility index (Phi) is 3.81. The van der Waals surface area contributed by atoms with Crippen LogP contribution in [0.5, 0.6) is 0 Å². The van der Waals surface area contributed by atoms with Gasteiger partial charge in [0.15, 0.2) is 0 Å². The van der Waals surface area contributed by atoms with Gasteiger partial charge in [0.2, 0.25) is 5.91 Å². The summed E-state index contributed by atoms with van der Waals surface area (Å²) in [5.74, 6) is -1.67. The van der Waals surface area contributed by atoms with Crippen molar-refractivity contribution in [2.75, 3.05) is 5.32 Å². The number of benzene rings is 1. The molecule has 7 nitrogen and oxygen atoms in total. The lowest BCUT2D eigenvalue weighted by molar-refractivity contribution is -0.116. The van der Waals surface area contributed by atoms with Crippen LogP contribution in [0.1, 0.15) is 34.0 Å². The van der Waals surface area contributed by atoms with Gasteiger partial charge >= 0.3 is 5.97 Å². The molecule has 3 aromatic rings. The van der Waals surface area contributed by atoms with Gasteiger partial charge in [0.25, 0.3) is 0 Å². The number of carboxylic acids is 1. The summed E-state index contributed by atoms with van der Waals surface area (Å²) in [6.45, 7) is 0. The maximum absolute atomic E-state index is 12.2. The van der Waals surface area contributed by atoms with E-state index in [1.54, 1.807) is 34.6 Å². The molecule has 132 valence electrons. The van der Waals surface area contributed by atoms with Gasteiger partial charge in [-0.2, -0.15) is 5.10 Å². The van der Waals surface area contributed by atoms with Crippen molar-refractivity contribution in [2.45, 2.75) is 12.3 Å². The second-order valence-corrected chi connectivity index (χ2v) is 6.59. The minimum absolute atomic E-state index is 0.0295. The Morgan fingerprint density at radius 3 is 2.77 bits per heavy atom. The van der Waals surface area contributed by atoms with Crippen LogP contribution in [0.2, 0.25) is 5.02 Å². The first kappa shape index (κ1) is 16.4. The highest BCUT2D eigenvalue weighted by Gasteiger charge is 2.35. The number of aromatic carboxylic acids is 1. The van der Waals surface area contributed by atoms with Gasteiger partial charge in [0, 0.05) is 31.8 Å². The molecule has 1 aliphatic heterocycles. The lowest BCUT2D eigenvalue weighted by atomic mass is 9.90. The number of carboxylic acid groups (broad SMARTS) is 1. The van der Waals surface area contributed by atoms with E-state index in [9.17, 15) is 14.7 Å². The predicted molar refractivity (Wildman–Crippen MR) is 96.0 cm³/mol. The molecule has 0 saturated carbocycles. The first-order valence-electron chi connectivity index (χ1n) is 7.97. The van der Waals surface area contributed by atoms with E-state index in [4.69, 9.17) is 11.6 Å². The van der Waals surface area contributed by atoms with E-state index in [-0.39, 0.29) is 23.8 Å². The number of nitrogens with one attached hydrogen (secondary N) is 1. The van der Waals surface area contributed by atoms with Crippen LogP contribution in [0, 0.1) is 0 Å². The standard InChI is InChI=1S/C18H15ClN4O3/c1-22-8-10(7-20-22)11-6-15(24)21-16-12(18(25)26)9-23(17(11)16)14-5-3-2-4-13(14)19/h2-5,7-9,11H,6H2,1H3,(H,21,24)(H,25,26)/t11-/m1/s1. The lowest BCUT2D eigenvalue weighted by Gasteiger charge is -2.25. The van der Waals surface area contributed by atoms with E-state index in [0.717, 1.165) is 5.56 Å². The normalized spacial score (nSPS) is 16.2. The maximum Gasteiger partial charge on any atom is 0.339 e. The molecule has 3 heterocycles. The average Bonchev–Trinajstić information content (AvgIpc) is 3.18. The highest BCUT2D eigenvalue weighted by atomic mass is 35.5. The van der Waals surface area contributed by atoms with E-state index in [0.29, 0.717) is 22.1 Å². The second-order valence-electron chi connectivity index (χ2n) is 6.18. The number of aromatic nitrogens is 3. The highest BCUT2D eigenvalue weighted by Crippen LogP contribution is 2.42. The van der Waals surface area contributed by atoms with Gasteiger partial charge in [-0.3, -0.25) is 9.48 Å².